The molecule has 0 aromatic heterocycles. The Balaban J connectivity index is 1.03. The molecule has 2 unspecified atom stereocenters. The highest BCUT2D eigenvalue weighted by Crippen LogP contribution is 2.51. The third-order valence-corrected chi connectivity index (χ3v) is 11.0. The number of amides is 1. The van der Waals surface area contributed by atoms with Gasteiger partial charge in [-0.2, -0.15) is 0 Å². The van der Waals surface area contributed by atoms with Gasteiger partial charge in [-0.15, -0.1) is 0 Å². The van der Waals surface area contributed by atoms with Crippen molar-refractivity contribution >= 4 is 34.9 Å². The van der Waals surface area contributed by atoms with Crippen molar-refractivity contribution in [3.63, 3.8) is 0 Å². The van der Waals surface area contributed by atoms with Crippen molar-refractivity contribution in [2.24, 2.45) is 5.41 Å². The van der Waals surface area contributed by atoms with Crippen LogP contribution in [0.5, 0.6) is 5.75 Å². The molecule has 4 fully saturated rings. The summed E-state index contributed by atoms with van der Waals surface area (Å²) in [6, 6.07) is 14.3. The third-order valence-electron chi connectivity index (χ3n) is 10.7. The van der Waals surface area contributed by atoms with Gasteiger partial charge in [-0.3, -0.25) is 4.79 Å². The van der Waals surface area contributed by atoms with Crippen molar-refractivity contribution in [1.82, 2.24) is 4.90 Å². The largest absolute Gasteiger partial charge is 0.472 e. The number of esters is 1. The van der Waals surface area contributed by atoms with Gasteiger partial charge in [-0.05, 0) is 56.0 Å². The number of carbonyl (C=O) groups excluding carboxylic acids is 2. The molecule has 2 bridgehead atoms. The number of fused-ring (bicyclic) bond motifs is 3. The summed E-state index contributed by atoms with van der Waals surface area (Å²) in [4.78, 5) is 32.5. The molecular formula is C36H37ClFN3O6. The van der Waals surface area contributed by atoms with Crippen LogP contribution >= 0.6 is 11.6 Å². The summed E-state index contributed by atoms with van der Waals surface area (Å²) in [5.74, 6) is -0.868. The Morgan fingerprint density at radius 3 is 2.45 bits per heavy atom. The van der Waals surface area contributed by atoms with Crippen molar-refractivity contribution < 1.29 is 32.9 Å². The second kappa shape index (κ2) is 11.7. The quantitative estimate of drug-likeness (QED) is 0.302. The summed E-state index contributed by atoms with van der Waals surface area (Å²) in [6.45, 7) is 3.31. The van der Waals surface area contributed by atoms with Gasteiger partial charge < -0.3 is 33.6 Å². The lowest BCUT2D eigenvalue weighted by Gasteiger charge is -2.59. The van der Waals surface area contributed by atoms with E-state index in [-0.39, 0.29) is 36.8 Å². The lowest BCUT2D eigenvalue weighted by atomic mass is 9.61. The van der Waals surface area contributed by atoms with Crippen LogP contribution in [-0.2, 0) is 20.8 Å². The number of ether oxygens (including phenoxy) is 4. The minimum atomic E-state index is -0.587. The van der Waals surface area contributed by atoms with Crippen LogP contribution in [-0.4, -0.2) is 82.2 Å². The van der Waals surface area contributed by atoms with Gasteiger partial charge in [0.25, 0.3) is 5.91 Å². The summed E-state index contributed by atoms with van der Waals surface area (Å²) < 4.78 is 38.3. The number of carbonyl (C=O) groups is 2. The van der Waals surface area contributed by atoms with Gasteiger partial charge >= 0.3 is 5.97 Å². The molecule has 8 rings (SSSR count). The maximum atomic E-state index is 15.9. The highest BCUT2D eigenvalue weighted by atomic mass is 35.5. The molecule has 9 nitrogen and oxygen atoms in total. The second-order valence-corrected chi connectivity index (χ2v) is 13.9. The Kier molecular flexibility index (Phi) is 7.57. The molecule has 3 aromatic carbocycles. The third kappa shape index (κ3) is 5.12. The van der Waals surface area contributed by atoms with E-state index >= 15 is 4.39 Å². The molecule has 3 saturated heterocycles. The Labute approximate surface area is 278 Å². The van der Waals surface area contributed by atoms with E-state index in [1.54, 1.807) is 30.2 Å². The average molecular weight is 662 g/mol. The van der Waals surface area contributed by atoms with E-state index in [1.165, 1.54) is 13.2 Å². The molecule has 3 aromatic rings. The zero-order chi connectivity index (χ0) is 32.4. The monoisotopic (exact) mass is 661 g/mol. The molecule has 246 valence electrons. The van der Waals surface area contributed by atoms with Crippen molar-refractivity contribution in [1.29, 1.82) is 0 Å². The van der Waals surface area contributed by atoms with Crippen molar-refractivity contribution in [3.8, 4) is 16.9 Å². The van der Waals surface area contributed by atoms with Crippen LogP contribution in [0.15, 0.2) is 48.5 Å². The minimum Gasteiger partial charge on any atom is -0.472 e. The fourth-order valence-corrected chi connectivity index (χ4v) is 8.47. The van der Waals surface area contributed by atoms with Crippen LogP contribution in [0.3, 0.4) is 0 Å². The Morgan fingerprint density at radius 2 is 1.74 bits per heavy atom. The van der Waals surface area contributed by atoms with E-state index < -0.39 is 11.8 Å². The predicted octanol–water partition coefficient (Wildman–Crippen LogP) is 5.91. The van der Waals surface area contributed by atoms with Crippen LogP contribution in [0.4, 0.5) is 15.8 Å². The molecule has 1 saturated carbocycles. The molecular weight excluding hydrogens is 625 g/mol. The number of anilines is 2. The first kappa shape index (κ1) is 30.5. The Morgan fingerprint density at radius 1 is 0.979 bits per heavy atom. The number of hydrogen-bond acceptors (Lipinski definition) is 8. The van der Waals surface area contributed by atoms with Crippen molar-refractivity contribution in [3.05, 3.63) is 76.1 Å². The number of benzene rings is 3. The molecule has 1 spiro atoms. The summed E-state index contributed by atoms with van der Waals surface area (Å²) in [6.07, 6.45) is 4.41. The first-order valence-electron chi connectivity index (χ1n) is 16.2. The van der Waals surface area contributed by atoms with E-state index in [4.69, 9.17) is 30.5 Å². The van der Waals surface area contributed by atoms with Crippen LogP contribution < -0.4 is 14.5 Å². The lowest BCUT2D eigenvalue weighted by molar-refractivity contribution is -0.0731. The SMILES string of the molecule is COC(=O)c1cc(F)c(-c2cccc3c2OCN(C(=O)c2ccc(N4CC5(CC(OC)C5)C4)cc2Cl)C3)cc1N1C2CCC1COC2. The summed E-state index contributed by atoms with van der Waals surface area (Å²) in [5.41, 5.74) is 4.21. The molecule has 0 N–H and O–H groups in total. The number of morpholine rings is 1. The minimum absolute atomic E-state index is 0.0153. The smallest absolute Gasteiger partial charge is 0.340 e. The molecule has 0 radical (unpaired) electrons. The average Bonchev–Trinajstić information content (AvgIpc) is 3.29. The van der Waals surface area contributed by atoms with Crippen LogP contribution in [0, 0.1) is 11.2 Å². The van der Waals surface area contributed by atoms with E-state index in [2.05, 4.69) is 9.80 Å². The molecule has 1 amide bonds. The number of rotatable bonds is 6. The summed E-state index contributed by atoms with van der Waals surface area (Å²) >= 11 is 6.68. The second-order valence-electron chi connectivity index (χ2n) is 13.5. The first-order chi connectivity index (χ1) is 22.8. The number of nitrogens with zero attached hydrogens (tertiary/aromatic N) is 3. The first-order valence-corrected chi connectivity index (χ1v) is 16.5. The summed E-state index contributed by atoms with van der Waals surface area (Å²) in [5, 5.41) is 0.397. The van der Waals surface area contributed by atoms with Gasteiger partial charge in [-0.1, -0.05) is 29.8 Å². The van der Waals surface area contributed by atoms with Gasteiger partial charge in [0, 0.05) is 48.0 Å². The molecule has 4 heterocycles. The van der Waals surface area contributed by atoms with Crippen LogP contribution in [0.2, 0.25) is 5.02 Å². The van der Waals surface area contributed by atoms with E-state index in [0.29, 0.717) is 57.9 Å². The maximum Gasteiger partial charge on any atom is 0.340 e. The van der Waals surface area contributed by atoms with Crippen molar-refractivity contribution in [2.45, 2.75) is 50.4 Å². The lowest BCUT2D eigenvalue weighted by Crippen LogP contribution is -2.64. The molecule has 5 aliphatic rings. The van der Waals surface area contributed by atoms with Crippen LogP contribution in [0.1, 0.15) is 52.0 Å². The standard InChI is InChI=1S/C36H37ClFN3O6/c1-44-25-13-36(14-25)18-40(19-36)22-8-9-27(30(37)10-22)34(42)39-15-21-4-3-5-26(33(21)47-20-39)28-12-32(29(11-31(28)38)35(43)45-2)41-23-6-7-24(41)17-46-16-23/h3-5,8-12,23-25H,6-7,13-20H2,1-2H3. The van der Waals surface area contributed by atoms with E-state index in [9.17, 15) is 9.59 Å². The normalized spacial score (nSPS) is 22.8. The number of para-hydroxylation sites is 1. The molecule has 11 heteroatoms. The van der Waals surface area contributed by atoms with Crippen LogP contribution in [0.25, 0.3) is 11.1 Å². The molecule has 47 heavy (non-hydrogen) atoms. The zero-order valence-electron chi connectivity index (χ0n) is 26.5. The van der Waals surface area contributed by atoms with E-state index in [0.717, 1.165) is 50.0 Å². The van der Waals surface area contributed by atoms with Crippen molar-refractivity contribution in [2.75, 3.05) is 57.1 Å². The van der Waals surface area contributed by atoms with Gasteiger partial charge in [0.1, 0.15) is 11.6 Å². The highest BCUT2D eigenvalue weighted by molar-refractivity contribution is 6.34. The summed E-state index contributed by atoms with van der Waals surface area (Å²) in [7, 11) is 3.07. The topological polar surface area (TPSA) is 80.8 Å². The number of methoxy groups -OCH3 is 2. The molecule has 1 aliphatic carbocycles. The number of halogens is 2. The highest BCUT2D eigenvalue weighted by Gasteiger charge is 2.52. The van der Waals surface area contributed by atoms with Gasteiger partial charge in [0.05, 0.1) is 66.9 Å². The van der Waals surface area contributed by atoms with Gasteiger partial charge in [-0.25, -0.2) is 9.18 Å². The van der Waals surface area contributed by atoms with E-state index in [1.807, 2.05) is 24.3 Å². The van der Waals surface area contributed by atoms with Gasteiger partial charge in [0.2, 0.25) is 0 Å². The predicted molar refractivity (Wildman–Crippen MR) is 175 cm³/mol. The Hall–Kier alpha value is -3.86. The van der Waals surface area contributed by atoms with Gasteiger partial charge in [0.15, 0.2) is 6.73 Å². The zero-order valence-corrected chi connectivity index (χ0v) is 27.2. The molecule has 2 atom stereocenters. The maximum absolute atomic E-state index is 15.9. The fraction of sp³-hybridized carbons (Fsp3) is 0.444. The Bertz CT molecular complexity index is 1740. The fourth-order valence-electron chi connectivity index (χ4n) is 8.21. The molecule has 4 aliphatic heterocycles. The number of hydrogen-bond donors (Lipinski definition) is 0.